The summed E-state index contributed by atoms with van der Waals surface area (Å²) in [7, 11) is 0. The van der Waals surface area contributed by atoms with Crippen molar-refractivity contribution >= 4 is 16.8 Å². The van der Waals surface area contributed by atoms with Crippen LogP contribution in [0.25, 0.3) is 10.9 Å². The molecule has 1 aromatic carbocycles. The van der Waals surface area contributed by atoms with Crippen LogP contribution in [0.15, 0.2) is 23.0 Å². The summed E-state index contributed by atoms with van der Waals surface area (Å²) >= 11 is 0. The zero-order valence-corrected chi connectivity index (χ0v) is 16.1. The van der Waals surface area contributed by atoms with Crippen molar-refractivity contribution in [2.75, 3.05) is 32.8 Å². The van der Waals surface area contributed by atoms with Gasteiger partial charge in [0.1, 0.15) is 6.10 Å². The molecule has 27 heavy (non-hydrogen) atoms. The Labute approximate surface area is 159 Å². The van der Waals surface area contributed by atoms with Crippen LogP contribution in [0.4, 0.5) is 0 Å². The van der Waals surface area contributed by atoms with Gasteiger partial charge in [0.05, 0.1) is 5.52 Å². The maximum Gasteiger partial charge on any atom is 0.252 e. The molecule has 1 amide bonds. The third kappa shape index (κ3) is 3.77. The predicted molar refractivity (Wildman–Crippen MR) is 105 cm³/mol. The fourth-order valence-electron chi connectivity index (χ4n) is 4.19. The van der Waals surface area contributed by atoms with E-state index in [0.29, 0.717) is 26.2 Å². The van der Waals surface area contributed by atoms with E-state index in [1.807, 2.05) is 17.9 Å². The average molecular weight is 369 g/mol. The predicted octanol–water partition coefficient (Wildman–Crippen LogP) is 1.97. The SMILES string of the molecule is Cc1cc(C)c2[nH]c(=O)c(CN3CCN(C(=O)C4CCCO4)CC3)cc2c1. The van der Waals surface area contributed by atoms with E-state index in [2.05, 4.69) is 28.9 Å². The highest BCUT2D eigenvalue weighted by atomic mass is 16.5. The summed E-state index contributed by atoms with van der Waals surface area (Å²) in [6, 6.07) is 6.21. The van der Waals surface area contributed by atoms with Crippen LogP contribution in [-0.2, 0) is 16.1 Å². The number of ether oxygens (including phenoxy) is 1. The normalized spacial score (nSPS) is 21.1. The lowest BCUT2D eigenvalue weighted by atomic mass is 10.0. The maximum absolute atomic E-state index is 12.5. The number of carbonyl (C=O) groups is 1. The van der Waals surface area contributed by atoms with Gasteiger partial charge >= 0.3 is 0 Å². The van der Waals surface area contributed by atoms with E-state index in [1.54, 1.807) is 0 Å². The molecule has 6 heteroatoms. The van der Waals surface area contributed by atoms with Crippen LogP contribution in [0.2, 0.25) is 0 Å². The van der Waals surface area contributed by atoms with Crippen molar-refractivity contribution in [3.63, 3.8) is 0 Å². The largest absolute Gasteiger partial charge is 0.368 e. The van der Waals surface area contributed by atoms with Crippen molar-refractivity contribution in [3.05, 3.63) is 45.2 Å². The van der Waals surface area contributed by atoms with E-state index in [9.17, 15) is 9.59 Å². The molecule has 0 saturated carbocycles. The molecule has 1 atom stereocenters. The van der Waals surface area contributed by atoms with Crippen molar-refractivity contribution in [2.24, 2.45) is 0 Å². The number of carbonyl (C=O) groups excluding carboxylic acids is 1. The summed E-state index contributed by atoms with van der Waals surface area (Å²) in [6.07, 6.45) is 1.57. The molecule has 2 aliphatic heterocycles. The molecule has 0 aliphatic carbocycles. The molecule has 1 unspecified atom stereocenters. The molecular weight excluding hydrogens is 342 g/mol. The third-order valence-corrected chi connectivity index (χ3v) is 5.65. The minimum Gasteiger partial charge on any atom is -0.368 e. The first-order valence-corrected chi connectivity index (χ1v) is 9.77. The maximum atomic E-state index is 12.5. The molecule has 1 aromatic heterocycles. The van der Waals surface area contributed by atoms with E-state index in [1.165, 1.54) is 5.56 Å². The Bertz CT molecular complexity index is 907. The van der Waals surface area contributed by atoms with Crippen LogP contribution in [0.1, 0.15) is 29.5 Å². The Kier molecular flexibility index (Phi) is 5.02. The van der Waals surface area contributed by atoms with Crippen molar-refractivity contribution in [1.82, 2.24) is 14.8 Å². The summed E-state index contributed by atoms with van der Waals surface area (Å²) in [6.45, 7) is 8.35. The first-order chi connectivity index (χ1) is 13.0. The van der Waals surface area contributed by atoms with Gasteiger partial charge in [-0.05, 0) is 49.8 Å². The molecule has 6 nitrogen and oxygen atoms in total. The molecule has 3 heterocycles. The van der Waals surface area contributed by atoms with Crippen LogP contribution < -0.4 is 5.56 Å². The van der Waals surface area contributed by atoms with Crippen molar-refractivity contribution in [2.45, 2.75) is 39.3 Å². The van der Waals surface area contributed by atoms with Crippen LogP contribution in [-0.4, -0.2) is 59.6 Å². The molecule has 2 aliphatic rings. The van der Waals surface area contributed by atoms with E-state index in [-0.39, 0.29) is 17.6 Å². The summed E-state index contributed by atoms with van der Waals surface area (Å²) < 4.78 is 5.52. The second kappa shape index (κ2) is 7.44. The highest BCUT2D eigenvalue weighted by molar-refractivity contribution is 5.83. The van der Waals surface area contributed by atoms with E-state index < -0.39 is 0 Å². The monoisotopic (exact) mass is 369 g/mol. The van der Waals surface area contributed by atoms with Gasteiger partial charge in [0.25, 0.3) is 11.5 Å². The lowest BCUT2D eigenvalue weighted by Crippen LogP contribution is -2.51. The molecule has 0 radical (unpaired) electrons. The smallest absolute Gasteiger partial charge is 0.252 e. The van der Waals surface area contributed by atoms with Crippen LogP contribution in [0.3, 0.4) is 0 Å². The van der Waals surface area contributed by atoms with Gasteiger partial charge in [0.15, 0.2) is 0 Å². The quantitative estimate of drug-likeness (QED) is 0.898. The van der Waals surface area contributed by atoms with E-state index in [4.69, 9.17) is 4.74 Å². The molecule has 1 N–H and O–H groups in total. The zero-order valence-electron chi connectivity index (χ0n) is 16.1. The number of rotatable bonds is 3. The van der Waals surface area contributed by atoms with Crippen LogP contribution in [0.5, 0.6) is 0 Å². The van der Waals surface area contributed by atoms with E-state index >= 15 is 0 Å². The Morgan fingerprint density at radius 2 is 1.96 bits per heavy atom. The van der Waals surface area contributed by atoms with Crippen molar-refractivity contribution < 1.29 is 9.53 Å². The summed E-state index contributed by atoms with van der Waals surface area (Å²) in [5.74, 6) is 0.127. The molecular formula is C21H27N3O3. The number of amides is 1. The molecule has 2 aromatic rings. The Morgan fingerprint density at radius 3 is 2.67 bits per heavy atom. The number of nitrogens with one attached hydrogen (secondary N) is 1. The first-order valence-electron chi connectivity index (χ1n) is 9.77. The van der Waals surface area contributed by atoms with Crippen molar-refractivity contribution in [1.29, 1.82) is 0 Å². The molecule has 4 rings (SSSR count). The van der Waals surface area contributed by atoms with Crippen molar-refractivity contribution in [3.8, 4) is 0 Å². The third-order valence-electron chi connectivity index (χ3n) is 5.65. The highest BCUT2D eigenvalue weighted by Gasteiger charge is 2.30. The van der Waals surface area contributed by atoms with Gasteiger partial charge in [-0.25, -0.2) is 0 Å². The summed E-state index contributed by atoms with van der Waals surface area (Å²) in [5, 5.41) is 1.08. The number of aromatic nitrogens is 1. The van der Waals surface area contributed by atoms with Crippen LogP contribution in [0, 0.1) is 13.8 Å². The topological polar surface area (TPSA) is 65.6 Å². The highest BCUT2D eigenvalue weighted by Crippen LogP contribution is 2.19. The average Bonchev–Trinajstić information content (AvgIpc) is 3.18. The number of benzene rings is 1. The number of pyridine rings is 1. The Balaban J connectivity index is 1.43. The standard InChI is InChI=1S/C21H27N3O3/c1-14-10-15(2)19-16(11-14)12-17(20(25)22-19)13-23-5-7-24(8-6-23)21(26)18-4-3-9-27-18/h10-12,18H,3-9,13H2,1-2H3,(H,22,25). The van der Waals surface area contributed by atoms with Gasteiger partial charge in [0, 0.05) is 44.9 Å². The van der Waals surface area contributed by atoms with Gasteiger partial charge in [-0.3, -0.25) is 14.5 Å². The molecule has 2 fully saturated rings. The Morgan fingerprint density at radius 1 is 1.19 bits per heavy atom. The lowest BCUT2D eigenvalue weighted by Gasteiger charge is -2.35. The van der Waals surface area contributed by atoms with Gasteiger partial charge in [-0.15, -0.1) is 0 Å². The summed E-state index contributed by atoms with van der Waals surface area (Å²) in [5.41, 5.74) is 3.97. The van der Waals surface area contributed by atoms with Crippen LogP contribution >= 0.6 is 0 Å². The molecule has 0 bridgehead atoms. The lowest BCUT2D eigenvalue weighted by molar-refractivity contribution is -0.142. The Hall–Kier alpha value is -2.18. The molecule has 144 valence electrons. The van der Waals surface area contributed by atoms with Gasteiger partial charge in [0.2, 0.25) is 0 Å². The molecule has 0 spiro atoms. The number of hydrogen-bond donors (Lipinski definition) is 1. The first kappa shape index (κ1) is 18.2. The minimum atomic E-state index is -0.244. The number of hydrogen-bond acceptors (Lipinski definition) is 4. The fourth-order valence-corrected chi connectivity index (χ4v) is 4.19. The second-order valence-corrected chi connectivity index (χ2v) is 7.77. The molecule has 2 saturated heterocycles. The van der Waals surface area contributed by atoms with Gasteiger partial charge < -0.3 is 14.6 Å². The number of aromatic amines is 1. The number of aryl methyl sites for hydroxylation is 2. The summed E-state index contributed by atoms with van der Waals surface area (Å²) in [4.78, 5) is 32.2. The van der Waals surface area contributed by atoms with Gasteiger partial charge in [-0.1, -0.05) is 11.6 Å². The minimum absolute atomic E-state index is 0.0210. The zero-order chi connectivity index (χ0) is 19.0. The fraction of sp³-hybridized carbons (Fsp3) is 0.524. The van der Waals surface area contributed by atoms with Gasteiger partial charge in [-0.2, -0.15) is 0 Å². The number of fused-ring (bicyclic) bond motifs is 1. The second-order valence-electron chi connectivity index (χ2n) is 7.77. The number of piperazine rings is 1. The number of nitrogens with zero attached hydrogens (tertiary/aromatic N) is 2. The number of H-pyrrole nitrogens is 1. The van der Waals surface area contributed by atoms with E-state index in [0.717, 1.165) is 48.0 Å².